The summed E-state index contributed by atoms with van der Waals surface area (Å²) in [4.78, 5) is 0. The van der Waals surface area contributed by atoms with Gasteiger partial charge in [-0.15, -0.1) is 0 Å². The van der Waals surface area contributed by atoms with Crippen molar-refractivity contribution in [1.29, 1.82) is 0 Å². The van der Waals surface area contributed by atoms with Gasteiger partial charge >= 0.3 is 6.18 Å². The summed E-state index contributed by atoms with van der Waals surface area (Å²) < 4.78 is 55.4. The van der Waals surface area contributed by atoms with Gasteiger partial charge in [0.2, 0.25) is 0 Å². The average Bonchev–Trinajstić information content (AvgIpc) is 2.76. The fraction of sp³-hybridized carbons (Fsp3) is 0.182. The lowest BCUT2D eigenvalue weighted by Gasteiger charge is -2.08. The van der Waals surface area contributed by atoms with Gasteiger partial charge in [-0.2, -0.15) is 13.2 Å². The molecule has 1 aromatic carbocycles. The van der Waals surface area contributed by atoms with E-state index in [1.165, 1.54) is 12.1 Å². The number of hydrogen-bond donors (Lipinski definition) is 1. The molecule has 0 saturated carbocycles. The van der Waals surface area contributed by atoms with Gasteiger partial charge in [0.25, 0.3) is 0 Å². The first-order chi connectivity index (χ1) is 8.41. The maximum Gasteiger partial charge on any atom is 0.419 e. The fourth-order valence-corrected chi connectivity index (χ4v) is 1.45. The summed E-state index contributed by atoms with van der Waals surface area (Å²) in [5.41, 5.74) is 4.25. The fourth-order valence-electron chi connectivity index (χ4n) is 1.45. The molecule has 7 heteroatoms. The summed E-state index contributed by atoms with van der Waals surface area (Å²) in [6, 6.07) is 4.04. The van der Waals surface area contributed by atoms with Crippen LogP contribution in [-0.2, 0) is 12.7 Å². The molecule has 96 valence electrons. The maximum absolute atomic E-state index is 13.1. The Labute approximate surface area is 99.2 Å². The molecule has 0 aliphatic heterocycles. The largest absolute Gasteiger partial charge is 0.419 e. The molecule has 18 heavy (non-hydrogen) atoms. The summed E-state index contributed by atoms with van der Waals surface area (Å²) in [5, 5.41) is 3.57. The molecule has 0 fully saturated rings. The van der Waals surface area contributed by atoms with Crippen LogP contribution in [0.25, 0.3) is 11.3 Å². The smallest absolute Gasteiger partial charge is 0.359 e. The van der Waals surface area contributed by atoms with Crippen LogP contribution in [0.1, 0.15) is 11.3 Å². The zero-order valence-electron chi connectivity index (χ0n) is 8.96. The molecule has 0 bridgehead atoms. The second-order valence-corrected chi connectivity index (χ2v) is 3.57. The van der Waals surface area contributed by atoms with Crippen molar-refractivity contribution in [2.75, 3.05) is 0 Å². The first kappa shape index (κ1) is 12.6. The molecule has 3 nitrogen and oxygen atoms in total. The van der Waals surface area contributed by atoms with E-state index in [1.54, 1.807) is 0 Å². The number of aromatic nitrogens is 1. The second kappa shape index (κ2) is 4.41. The van der Waals surface area contributed by atoms with Crippen molar-refractivity contribution >= 4 is 0 Å². The van der Waals surface area contributed by atoms with Gasteiger partial charge in [0.05, 0.1) is 12.1 Å². The standard InChI is InChI=1S/C11H8F4N2O/c12-9-2-1-6(3-8(9)11(13,14)15)10-4-7(5-16)18-17-10/h1-4H,5,16H2. The van der Waals surface area contributed by atoms with Crippen molar-refractivity contribution in [3.63, 3.8) is 0 Å². The number of rotatable bonds is 2. The highest BCUT2D eigenvalue weighted by Gasteiger charge is 2.34. The number of hydrogen-bond acceptors (Lipinski definition) is 3. The van der Waals surface area contributed by atoms with Crippen LogP contribution in [0.2, 0.25) is 0 Å². The van der Waals surface area contributed by atoms with Gasteiger partial charge in [-0.05, 0) is 18.2 Å². The molecule has 0 aliphatic rings. The lowest BCUT2D eigenvalue weighted by atomic mass is 10.1. The Morgan fingerprint density at radius 2 is 1.94 bits per heavy atom. The molecule has 1 heterocycles. The summed E-state index contributed by atoms with van der Waals surface area (Å²) in [6.45, 7) is 0.0837. The monoisotopic (exact) mass is 260 g/mol. The molecule has 2 N–H and O–H groups in total. The van der Waals surface area contributed by atoms with Crippen LogP contribution < -0.4 is 5.73 Å². The van der Waals surface area contributed by atoms with Crippen molar-refractivity contribution in [2.24, 2.45) is 5.73 Å². The predicted octanol–water partition coefficient (Wildman–Crippen LogP) is 2.96. The molecule has 2 aromatic rings. The second-order valence-electron chi connectivity index (χ2n) is 3.57. The van der Waals surface area contributed by atoms with Crippen molar-refractivity contribution in [2.45, 2.75) is 12.7 Å². The van der Waals surface area contributed by atoms with Gasteiger partial charge in [-0.25, -0.2) is 4.39 Å². The quantitative estimate of drug-likeness (QED) is 0.844. The summed E-state index contributed by atoms with van der Waals surface area (Å²) >= 11 is 0. The van der Waals surface area contributed by atoms with Crippen LogP contribution in [0.4, 0.5) is 17.6 Å². The van der Waals surface area contributed by atoms with E-state index in [9.17, 15) is 17.6 Å². The Balaban J connectivity index is 2.47. The van der Waals surface area contributed by atoms with Crippen LogP contribution in [-0.4, -0.2) is 5.16 Å². The molecule has 0 atom stereocenters. The van der Waals surface area contributed by atoms with Crippen LogP contribution in [0.3, 0.4) is 0 Å². The highest BCUT2D eigenvalue weighted by molar-refractivity contribution is 5.60. The van der Waals surface area contributed by atoms with Crippen molar-refractivity contribution in [3.05, 3.63) is 41.4 Å². The Hall–Kier alpha value is -1.89. The van der Waals surface area contributed by atoms with Crippen molar-refractivity contribution in [3.8, 4) is 11.3 Å². The minimum Gasteiger partial charge on any atom is -0.359 e. The van der Waals surface area contributed by atoms with Crippen LogP contribution >= 0.6 is 0 Å². The zero-order chi connectivity index (χ0) is 13.3. The van der Waals surface area contributed by atoms with Gasteiger partial charge in [-0.3, -0.25) is 0 Å². The van der Waals surface area contributed by atoms with E-state index in [4.69, 9.17) is 10.3 Å². The normalized spacial score (nSPS) is 11.8. The lowest BCUT2D eigenvalue weighted by Crippen LogP contribution is -2.08. The summed E-state index contributed by atoms with van der Waals surface area (Å²) in [6.07, 6.45) is -4.75. The maximum atomic E-state index is 13.1. The first-order valence-electron chi connectivity index (χ1n) is 4.94. The zero-order valence-corrected chi connectivity index (χ0v) is 8.96. The summed E-state index contributed by atoms with van der Waals surface area (Å²) in [7, 11) is 0. The van der Waals surface area contributed by atoms with E-state index in [2.05, 4.69) is 5.16 Å². The SMILES string of the molecule is NCc1cc(-c2ccc(F)c(C(F)(F)F)c2)no1. The minimum absolute atomic E-state index is 0.0837. The lowest BCUT2D eigenvalue weighted by molar-refractivity contribution is -0.139. The molecule has 0 radical (unpaired) electrons. The van der Waals surface area contributed by atoms with Gasteiger partial charge < -0.3 is 10.3 Å². The van der Waals surface area contributed by atoms with Gasteiger partial charge in [0.1, 0.15) is 11.5 Å². The molecule has 0 aliphatic carbocycles. The van der Waals surface area contributed by atoms with Crippen molar-refractivity contribution in [1.82, 2.24) is 5.16 Å². The number of alkyl halides is 3. The number of nitrogens with zero attached hydrogens (tertiary/aromatic N) is 1. The third-order valence-corrected chi connectivity index (χ3v) is 2.33. The van der Waals surface area contributed by atoms with E-state index in [-0.39, 0.29) is 17.8 Å². The van der Waals surface area contributed by atoms with Gasteiger partial charge in [0, 0.05) is 11.6 Å². The molecular formula is C11H8F4N2O. The van der Waals surface area contributed by atoms with Crippen LogP contribution in [0.5, 0.6) is 0 Å². The minimum atomic E-state index is -4.75. The van der Waals surface area contributed by atoms with Gasteiger partial charge in [-0.1, -0.05) is 5.16 Å². The van der Waals surface area contributed by atoms with E-state index in [0.29, 0.717) is 11.8 Å². The third-order valence-electron chi connectivity index (χ3n) is 2.33. The molecule has 0 amide bonds. The first-order valence-corrected chi connectivity index (χ1v) is 4.94. The number of benzene rings is 1. The highest BCUT2D eigenvalue weighted by atomic mass is 19.4. The average molecular weight is 260 g/mol. The van der Waals surface area contributed by atoms with Gasteiger partial charge in [0.15, 0.2) is 5.76 Å². The molecule has 0 unspecified atom stereocenters. The predicted molar refractivity (Wildman–Crippen MR) is 54.8 cm³/mol. The van der Waals surface area contributed by atoms with Crippen molar-refractivity contribution < 1.29 is 22.1 Å². The number of halogens is 4. The van der Waals surface area contributed by atoms with E-state index < -0.39 is 17.6 Å². The Morgan fingerprint density at radius 1 is 1.22 bits per heavy atom. The topological polar surface area (TPSA) is 52.0 Å². The van der Waals surface area contributed by atoms with Crippen LogP contribution in [0.15, 0.2) is 28.8 Å². The molecule has 1 aromatic heterocycles. The Bertz CT molecular complexity index is 562. The van der Waals surface area contributed by atoms with Crippen LogP contribution in [0, 0.1) is 5.82 Å². The molecule has 2 rings (SSSR count). The summed E-state index contributed by atoms with van der Waals surface area (Å²) in [5.74, 6) is -0.989. The molecule has 0 spiro atoms. The Kier molecular flexibility index (Phi) is 3.08. The van der Waals surface area contributed by atoms with E-state index >= 15 is 0 Å². The Morgan fingerprint density at radius 3 is 2.50 bits per heavy atom. The van der Waals surface area contributed by atoms with E-state index in [1.807, 2.05) is 0 Å². The molecular weight excluding hydrogens is 252 g/mol. The highest BCUT2D eigenvalue weighted by Crippen LogP contribution is 2.34. The van der Waals surface area contributed by atoms with E-state index in [0.717, 1.165) is 6.07 Å². The number of nitrogens with two attached hydrogens (primary N) is 1. The molecule has 0 saturated heterocycles. The third kappa shape index (κ3) is 2.35.